The van der Waals surface area contributed by atoms with Crippen molar-refractivity contribution in [3.63, 3.8) is 0 Å². The molecule has 32 heavy (non-hydrogen) atoms. The van der Waals surface area contributed by atoms with Gasteiger partial charge in [0.25, 0.3) is 10.0 Å². The quantitative estimate of drug-likeness (QED) is 0.539. The number of nitrogens with zero attached hydrogens (tertiary/aromatic N) is 3. The molecule has 0 spiro atoms. The highest BCUT2D eigenvalue weighted by molar-refractivity contribution is 7.95. The van der Waals surface area contributed by atoms with Crippen LogP contribution in [0.25, 0.3) is 17.2 Å². The van der Waals surface area contributed by atoms with Crippen LogP contribution in [0.1, 0.15) is 11.1 Å². The van der Waals surface area contributed by atoms with E-state index in [4.69, 9.17) is 16.3 Å². The fourth-order valence-electron chi connectivity index (χ4n) is 3.28. The summed E-state index contributed by atoms with van der Waals surface area (Å²) in [6.45, 7) is 4.26. The lowest BCUT2D eigenvalue weighted by Gasteiger charge is -2.27. The van der Waals surface area contributed by atoms with Crippen LogP contribution in [0, 0.1) is 6.92 Å². The van der Waals surface area contributed by atoms with Crippen molar-refractivity contribution in [1.29, 1.82) is 0 Å². The van der Waals surface area contributed by atoms with Crippen LogP contribution in [0.3, 0.4) is 0 Å². The zero-order valence-corrected chi connectivity index (χ0v) is 19.1. The van der Waals surface area contributed by atoms with E-state index in [9.17, 15) is 8.42 Å². The Hall–Kier alpha value is -2.94. The summed E-state index contributed by atoms with van der Waals surface area (Å²) in [6, 6.07) is 16.8. The zero-order chi connectivity index (χ0) is 22.6. The molecule has 166 valence electrons. The molecule has 0 saturated carbocycles. The third-order valence-corrected chi connectivity index (χ3v) is 6.21. The number of sulfonamides is 1. The Bertz CT molecular complexity index is 1210. The smallest absolute Gasteiger partial charge is 0.256 e. The number of hydrogen-bond acceptors (Lipinski definition) is 6. The number of ether oxygens (including phenoxy) is 1. The molecule has 1 saturated heterocycles. The van der Waals surface area contributed by atoms with Crippen LogP contribution in [-0.4, -0.2) is 44.7 Å². The van der Waals surface area contributed by atoms with E-state index in [-0.39, 0.29) is 11.0 Å². The number of morpholine rings is 1. The summed E-state index contributed by atoms with van der Waals surface area (Å²) < 4.78 is 33.7. The molecule has 1 N–H and O–H groups in total. The minimum absolute atomic E-state index is 0.132. The van der Waals surface area contributed by atoms with Gasteiger partial charge in [0.05, 0.1) is 24.2 Å². The number of anilines is 2. The fourth-order valence-corrected chi connectivity index (χ4v) is 4.37. The number of aryl methyl sites for hydroxylation is 1. The Kier molecular flexibility index (Phi) is 6.74. The van der Waals surface area contributed by atoms with Gasteiger partial charge in [-0.1, -0.05) is 71.8 Å². The molecule has 9 heteroatoms. The molecule has 0 bridgehead atoms. The van der Waals surface area contributed by atoms with Crippen molar-refractivity contribution in [3.8, 4) is 11.1 Å². The molecule has 1 aliphatic rings. The number of halogens is 1. The summed E-state index contributed by atoms with van der Waals surface area (Å²) in [5.74, 6) is 0.493. The molecule has 0 amide bonds. The summed E-state index contributed by atoms with van der Waals surface area (Å²) in [5, 5.41) is 1.29. The Morgan fingerprint density at radius 3 is 2.41 bits per heavy atom. The van der Waals surface area contributed by atoms with Crippen LogP contribution in [0.15, 0.2) is 60.0 Å². The molecule has 0 aliphatic carbocycles. The van der Waals surface area contributed by atoms with E-state index in [0.717, 1.165) is 22.1 Å². The second kappa shape index (κ2) is 9.68. The maximum atomic E-state index is 12.9. The highest BCUT2D eigenvalue weighted by atomic mass is 35.5. The standard InChI is InChI=1S/C23H23ClN4O3S/c1-17-7-9-19(10-8-17)20-21(24)25-23(28-12-14-31-15-13-28)26-22(20)27-32(29,30)16-11-18-5-3-2-4-6-18/h2-11,16H,12-15H2,1H3,(H,25,26,27). The second-order valence-corrected chi connectivity index (χ2v) is 9.29. The first-order chi connectivity index (χ1) is 15.4. The van der Waals surface area contributed by atoms with Crippen molar-refractivity contribution >= 4 is 39.5 Å². The number of aromatic nitrogens is 2. The van der Waals surface area contributed by atoms with Crippen molar-refractivity contribution in [3.05, 3.63) is 76.3 Å². The van der Waals surface area contributed by atoms with Crippen LogP contribution in [0.5, 0.6) is 0 Å². The fraction of sp³-hybridized carbons (Fsp3) is 0.217. The van der Waals surface area contributed by atoms with Crippen LogP contribution in [0.2, 0.25) is 5.15 Å². The van der Waals surface area contributed by atoms with Gasteiger partial charge in [0.15, 0.2) is 5.82 Å². The molecule has 0 unspecified atom stereocenters. The van der Waals surface area contributed by atoms with Crippen molar-refractivity contribution in [1.82, 2.24) is 9.97 Å². The molecule has 2 aromatic carbocycles. The van der Waals surface area contributed by atoms with Crippen molar-refractivity contribution in [2.24, 2.45) is 0 Å². The molecule has 0 radical (unpaired) electrons. The summed E-state index contributed by atoms with van der Waals surface area (Å²) in [4.78, 5) is 10.9. The van der Waals surface area contributed by atoms with Crippen molar-refractivity contribution in [2.75, 3.05) is 35.9 Å². The molecule has 0 atom stereocenters. The van der Waals surface area contributed by atoms with Gasteiger partial charge in [0.2, 0.25) is 5.95 Å². The van der Waals surface area contributed by atoms with Crippen molar-refractivity contribution < 1.29 is 13.2 Å². The lowest BCUT2D eigenvalue weighted by Crippen LogP contribution is -2.37. The van der Waals surface area contributed by atoms with Crippen LogP contribution >= 0.6 is 11.6 Å². The van der Waals surface area contributed by atoms with Gasteiger partial charge in [-0.15, -0.1) is 0 Å². The summed E-state index contributed by atoms with van der Waals surface area (Å²) in [7, 11) is -3.86. The summed E-state index contributed by atoms with van der Waals surface area (Å²) in [5.41, 5.74) is 2.99. The van der Waals surface area contributed by atoms with E-state index >= 15 is 0 Å². The van der Waals surface area contributed by atoms with Crippen LogP contribution in [-0.2, 0) is 14.8 Å². The van der Waals surface area contributed by atoms with Gasteiger partial charge >= 0.3 is 0 Å². The van der Waals surface area contributed by atoms with Gasteiger partial charge in [-0.25, -0.2) is 13.4 Å². The Labute approximate surface area is 192 Å². The SMILES string of the molecule is Cc1ccc(-c2c(Cl)nc(N3CCOCC3)nc2NS(=O)(=O)C=Cc2ccccc2)cc1. The second-order valence-electron chi connectivity index (χ2n) is 7.36. The van der Waals surface area contributed by atoms with E-state index < -0.39 is 10.0 Å². The molecule has 7 nitrogen and oxygen atoms in total. The molecular formula is C23H23ClN4O3S. The first-order valence-corrected chi connectivity index (χ1v) is 12.1. The van der Waals surface area contributed by atoms with Crippen LogP contribution in [0.4, 0.5) is 11.8 Å². The van der Waals surface area contributed by atoms with E-state index in [2.05, 4.69) is 14.7 Å². The first-order valence-electron chi connectivity index (χ1n) is 10.1. The molecular weight excluding hydrogens is 448 g/mol. The van der Waals surface area contributed by atoms with E-state index in [1.54, 1.807) is 0 Å². The Morgan fingerprint density at radius 2 is 1.72 bits per heavy atom. The van der Waals surface area contributed by atoms with Gasteiger partial charge in [-0.3, -0.25) is 4.72 Å². The topological polar surface area (TPSA) is 84.4 Å². The predicted octanol–water partition coefficient (Wildman–Crippen LogP) is 4.35. The predicted molar refractivity (Wildman–Crippen MR) is 128 cm³/mol. The molecule has 1 aromatic heterocycles. The third kappa shape index (κ3) is 5.45. The average molecular weight is 471 g/mol. The minimum atomic E-state index is -3.86. The van der Waals surface area contributed by atoms with E-state index in [1.807, 2.05) is 66.4 Å². The minimum Gasteiger partial charge on any atom is -0.378 e. The maximum absolute atomic E-state index is 12.9. The van der Waals surface area contributed by atoms with Gasteiger partial charge in [0, 0.05) is 13.1 Å². The Balaban J connectivity index is 1.74. The van der Waals surface area contributed by atoms with Gasteiger partial charge in [0.1, 0.15) is 5.15 Å². The van der Waals surface area contributed by atoms with Crippen molar-refractivity contribution in [2.45, 2.75) is 6.92 Å². The highest BCUT2D eigenvalue weighted by Gasteiger charge is 2.22. The van der Waals surface area contributed by atoms with Crippen LogP contribution < -0.4 is 9.62 Å². The first kappa shape index (κ1) is 22.3. The number of rotatable bonds is 6. The lowest BCUT2D eigenvalue weighted by molar-refractivity contribution is 0.122. The molecule has 1 fully saturated rings. The number of nitrogens with one attached hydrogen (secondary N) is 1. The maximum Gasteiger partial charge on any atom is 0.256 e. The number of hydrogen-bond donors (Lipinski definition) is 1. The normalized spacial score (nSPS) is 14.6. The number of benzene rings is 2. The highest BCUT2D eigenvalue weighted by Crippen LogP contribution is 2.35. The van der Waals surface area contributed by atoms with Gasteiger partial charge < -0.3 is 9.64 Å². The average Bonchev–Trinajstić information content (AvgIpc) is 2.80. The van der Waals surface area contributed by atoms with Gasteiger partial charge in [-0.05, 0) is 24.1 Å². The molecule has 3 aromatic rings. The molecule has 4 rings (SSSR count). The van der Waals surface area contributed by atoms with Gasteiger partial charge in [-0.2, -0.15) is 4.98 Å². The summed E-state index contributed by atoms with van der Waals surface area (Å²) >= 11 is 6.57. The third-order valence-electron chi connectivity index (χ3n) is 4.97. The zero-order valence-electron chi connectivity index (χ0n) is 17.5. The largest absolute Gasteiger partial charge is 0.378 e. The summed E-state index contributed by atoms with van der Waals surface area (Å²) in [6.07, 6.45) is 1.53. The molecule has 1 aliphatic heterocycles. The van der Waals surface area contributed by atoms with E-state index in [0.29, 0.717) is 37.8 Å². The lowest BCUT2D eigenvalue weighted by atomic mass is 10.1. The Morgan fingerprint density at radius 1 is 1.03 bits per heavy atom. The van der Waals surface area contributed by atoms with E-state index in [1.165, 1.54) is 6.08 Å². The monoisotopic (exact) mass is 470 g/mol. The molecule has 2 heterocycles.